The largest absolute Gasteiger partial charge is 0.416 e. The molecule has 3 aromatic rings. The number of hydrogen-bond acceptors (Lipinski definition) is 3. The monoisotopic (exact) mass is 320 g/mol. The second kappa shape index (κ2) is 5.71. The van der Waals surface area contributed by atoms with Crippen LogP contribution in [0.15, 0.2) is 48.7 Å². The summed E-state index contributed by atoms with van der Waals surface area (Å²) in [4.78, 5) is 12.0. The van der Waals surface area contributed by atoms with Crippen LogP contribution < -0.4 is 5.32 Å². The van der Waals surface area contributed by atoms with Gasteiger partial charge in [0.25, 0.3) is 5.91 Å². The topological polar surface area (TPSA) is 59.3 Å². The molecule has 0 bridgehead atoms. The molecule has 0 atom stereocenters. The quantitative estimate of drug-likeness (QED) is 0.807. The van der Waals surface area contributed by atoms with Crippen molar-refractivity contribution in [2.24, 2.45) is 0 Å². The van der Waals surface area contributed by atoms with E-state index in [9.17, 15) is 18.0 Å². The Kier molecular flexibility index (Phi) is 3.73. The van der Waals surface area contributed by atoms with Gasteiger partial charge in [0.2, 0.25) is 0 Å². The highest BCUT2D eigenvalue weighted by Gasteiger charge is 2.30. The Bertz CT molecular complexity index is 857. The molecule has 0 aliphatic carbocycles. The van der Waals surface area contributed by atoms with Gasteiger partial charge < -0.3 is 5.32 Å². The van der Waals surface area contributed by atoms with Gasteiger partial charge in [-0.2, -0.15) is 13.2 Å². The molecule has 118 valence electrons. The van der Waals surface area contributed by atoms with E-state index < -0.39 is 17.6 Å². The fourth-order valence-electron chi connectivity index (χ4n) is 2.11. The Labute approximate surface area is 128 Å². The first-order chi connectivity index (χ1) is 10.9. The van der Waals surface area contributed by atoms with Crippen molar-refractivity contribution >= 4 is 11.6 Å². The number of halogens is 3. The van der Waals surface area contributed by atoms with Crippen molar-refractivity contribution in [3.8, 4) is 0 Å². The van der Waals surface area contributed by atoms with E-state index in [2.05, 4.69) is 15.5 Å². The Balaban J connectivity index is 1.75. The number of alkyl halides is 3. The first kappa shape index (κ1) is 15.0. The van der Waals surface area contributed by atoms with Crippen LogP contribution in [0.5, 0.6) is 0 Å². The maximum atomic E-state index is 12.7. The number of carbonyl (C=O) groups is 1. The van der Waals surface area contributed by atoms with Crippen LogP contribution in [0.1, 0.15) is 21.7 Å². The van der Waals surface area contributed by atoms with Crippen LogP contribution in [0.25, 0.3) is 5.65 Å². The van der Waals surface area contributed by atoms with E-state index >= 15 is 0 Å². The van der Waals surface area contributed by atoms with Gasteiger partial charge in [-0.3, -0.25) is 9.20 Å². The third-order valence-electron chi connectivity index (χ3n) is 3.24. The summed E-state index contributed by atoms with van der Waals surface area (Å²) in [6, 6.07) is 9.60. The smallest absolute Gasteiger partial charge is 0.345 e. The number of hydrogen-bond donors (Lipinski definition) is 1. The molecule has 8 heteroatoms. The molecule has 1 aromatic carbocycles. The summed E-state index contributed by atoms with van der Waals surface area (Å²) in [5, 5.41) is 10.4. The fourth-order valence-corrected chi connectivity index (χ4v) is 2.11. The molecule has 0 radical (unpaired) electrons. The molecule has 1 N–H and O–H groups in total. The average molecular weight is 320 g/mol. The Morgan fingerprint density at radius 1 is 1.13 bits per heavy atom. The van der Waals surface area contributed by atoms with Crippen LogP contribution in [-0.2, 0) is 12.7 Å². The van der Waals surface area contributed by atoms with Gasteiger partial charge in [-0.15, -0.1) is 10.2 Å². The van der Waals surface area contributed by atoms with Crippen LogP contribution in [0.4, 0.5) is 13.2 Å². The van der Waals surface area contributed by atoms with Gasteiger partial charge in [0.1, 0.15) is 0 Å². The minimum Gasteiger partial charge on any atom is -0.345 e. The SMILES string of the molecule is O=C(NCc1nnc2ccccn12)c1cccc(C(F)(F)F)c1. The number of rotatable bonds is 3. The molecule has 2 heterocycles. The third kappa shape index (κ3) is 3.15. The molecular weight excluding hydrogens is 309 g/mol. The van der Waals surface area contributed by atoms with Gasteiger partial charge in [0, 0.05) is 11.8 Å². The minimum absolute atomic E-state index is 0.0558. The van der Waals surface area contributed by atoms with Crippen molar-refractivity contribution in [2.75, 3.05) is 0 Å². The number of carbonyl (C=O) groups excluding carboxylic acids is 1. The number of fused-ring (bicyclic) bond motifs is 1. The van der Waals surface area contributed by atoms with Crippen LogP contribution in [0.3, 0.4) is 0 Å². The number of amides is 1. The number of pyridine rings is 1. The van der Waals surface area contributed by atoms with Crippen molar-refractivity contribution in [1.82, 2.24) is 19.9 Å². The average Bonchev–Trinajstić information content (AvgIpc) is 2.95. The van der Waals surface area contributed by atoms with Gasteiger partial charge in [-0.1, -0.05) is 12.1 Å². The number of nitrogens with one attached hydrogen (secondary N) is 1. The van der Waals surface area contributed by atoms with Crippen LogP contribution in [-0.4, -0.2) is 20.5 Å². The molecular formula is C15H11F3N4O. The predicted octanol–water partition coefficient (Wildman–Crippen LogP) is 2.68. The van der Waals surface area contributed by atoms with Gasteiger partial charge in [0.05, 0.1) is 12.1 Å². The summed E-state index contributed by atoms with van der Waals surface area (Å²) in [5.74, 6) is -0.121. The molecule has 0 aliphatic rings. The van der Waals surface area contributed by atoms with Crippen molar-refractivity contribution in [3.63, 3.8) is 0 Å². The van der Waals surface area contributed by atoms with E-state index in [1.807, 2.05) is 0 Å². The van der Waals surface area contributed by atoms with Crippen LogP contribution >= 0.6 is 0 Å². The summed E-state index contributed by atoms with van der Waals surface area (Å²) >= 11 is 0. The first-order valence-corrected chi connectivity index (χ1v) is 6.69. The molecule has 0 aliphatic heterocycles. The fraction of sp³-hybridized carbons (Fsp3) is 0.133. The number of benzene rings is 1. The molecule has 23 heavy (non-hydrogen) atoms. The molecule has 0 fully saturated rings. The lowest BCUT2D eigenvalue weighted by atomic mass is 10.1. The van der Waals surface area contributed by atoms with E-state index in [1.54, 1.807) is 28.8 Å². The second-order valence-electron chi connectivity index (χ2n) is 4.81. The van der Waals surface area contributed by atoms with Gasteiger partial charge in [-0.05, 0) is 30.3 Å². The standard InChI is InChI=1S/C15H11F3N4O/c16-15(17,18)11-5-3-4-10(8-11)14(23)19-9-13-21-20-12-6-1-2-7-22(12)13/h1-8H,9H2,(H,19,23). The highest BCUT2D eigenvalue weighted by molar-refractivity contribution is 5.94. The van der Waals surface area contributed by atoms with Gasteiger partial charge in [-0.25, -0.2) is 0 Å². The molecule has 0 saturated heterocycles. The summed E-state index contributed by atoms with van der Waals surface area (Å²) in [6.07, 6.45) is -2.75. The summed E-state index contributed by atoms with van der Waals surface area (Å²) in [7, 11) is 0. The maximum absolute atomic E-state index is 12.7. The second-order valence-corrected chi connectivity index (χ2v) is 4.81. The molecule has 5 nitrogen and oxygen atoms in total. The lowest BCUT2D eigenvalue weighted by Gasteiger charge is -2.09. The molecule has 0 unspecified atom stereocenters. The summed E-state index contributed by atoms with van der Waals surface area (Å²) in [6.45, 7) is 0.0558. The van der Waals surface area contributed by atoms with Crippen LogP contribution in [0.2, 0.25) is 0 Å². The van der Waals surface area contributed by atoms with E-state index in [0.717, 1.165) is 12.1 Å². The first-order valence-electron chi connectivity index (χ1n) is 6.69. The highest BCUT2D eigenvalue weighted by atomic mass is 19.4. The van der Waals surface area contributed by atoms with Crippen LogP contribution in [0, 0.1) is 0 Å². The van der Waals surface area contributed by atoms with Gasteiger partial charge in [0.15, 0.2) is 11.5 Å². The molecule has 3 rings (SSSR count). The van der Waals surface area contributed by atoms with Gasteiger partial charge >= 0.3 is 6.18 Å². The minimum atomic E-state index is -4.49. The maximum Gasteiger partial charge on any atom is 0.416 e. The molecule has 0 saturated carbocycles. The highest BCUT2D eigenvalue weighted by Crippen LogP contribution is 2.29. The van der Waals surface area contributed by atoms with Crippen molar-refractivity contribution < 1.29 is 18.0 Å². The normalized spacial score (nSPS) is 11.6. The van der Waals surface area contributed by atoms with E-state index in [4.69, 9.17) is 0 Å². The molecule has 0 spiro atoms. The zero-order chi connectivity index (χ0) is 16.4. The lowest BCUT2D eigenvalue weighted by Crippen LogP contribution is -2.24. The predicted molar refractivity (Wildman–Crippen MR) is 75.6 cm³/mol. The molecule has 2 aromatic heterocycles. The van der Waals surface area contributed by atoms with Crippen molar-refractivity contribution in [1.29, 1.82) is 0 Å². The Hall–Kier alpha value is -2.90. The summed E-state index contributed by atoms with van der Waals surface area (Å²) in [5.41, 5.74) is -0.303. The van der Waals surface area contributed by atoms with E-state index in [-0.39, 0.29) is 12.1 Å². The zero-order valence-corrected chi connectivity index (χ0v) is 11.7. The number of nitrogens with zero attached hydrogens (tertiary/aromatic N) is 3. The Morgan fingerprint density at radius 2 is 1.96 bits per heavy atom. The molecule has 1 amide bonds. The van der Waals surface area contributed by atoms with E-state index in [0.29, 0.717) is 11.5 Å². The lowest BCUT2D eigenvalue weighted by molar-refractivity contribution is -0.137. The van der Waals surface area contributed by atoms with E-state index in [1.165, 1.54) is 12.1 Å². The van der Waals surface area contributed by atoms with Crippen molar-refractivity contribution in [2.45, 2.75) is 12.7 Å². The van der Waals surface area contributed by atoms with Crippen molar-refractivity contribution in [3.05, 3.63) is 65.6 Å². The number of aromatic nitrogens is 3. The third-order valence-corrected chi connectivity index (χ3v) is 3.24. The zero-order valence-electron chi connectivity index (χ0n) is 11.7. The Morgan fingerprint density at radius 3 is 2.74 bits per heavy atom. The summed E-state index contributed by atoms with van der Waals surface area (Å²) < 4.78 is 39.7.